The summed E-state index contributed by atoms with van der Waals surface area (Å²) < 4.78 is 25.6. The molecule has 15 heavy (non-hydrogen) atoms. The lowest BCUT2D eigenvalue weighted by Gasteiger charge is -2.35. The zero-order chi connectivity index (χ0) is 11.5. The van der Waals surface area contributed by atoms with Crippen LogP contribution in [-0.4, -0.2) is 30.2 Å². The molecule has 90 valence electrons. The Hall–Kier alpha value is -0.220. The molecule has 1 aliphatic rings. The van der Waals surface area contributed by atoms with E-state index in [0.717, 1.165) is 12.8 Å². The van der Waals surface area contributed by atoms with E-state index in [2.05, 4.69) is 19.2 Å². The molecule has 0 saturated heterocycles. The first kappa shape index (κ1) is 12.8. The topological polar surface area (TPSA) is 32.3 Å². The van der Waals surface area contributed by atoms with Gasteiger partial charge in [-0.25, -0.2) is 8.78 Å². The molecule has 0 aromatic heterocycles. The largest absolute Gasteiger partial charge is 0.390 e. The van der Waals surface area contributed by atoms with Gasteiger partial charge in [-0.2, -0.15) is 0 Å². The normalized spacial score (nSPS) is 33.0. The molecule has 0 aromatic rings. The molecule has 2 nitrogen and oxygen atoms in total. The lowest BCUT2D eigenvalue weighted by atomic mass is 9.78. The number of aliphatic hydroxyl groups is 1. The van der Waals surface area contributed by atoms with Crippen LogP contribution in [0.2, 0.25) is 0 Å². The SMILES string of the molecule is CC1CCCC(NCC(F)(F)CO)C1C. The molecule has 2 N–H and O–H groups in total. The summed E-state index contributed by atoms with van der Waals surface area (Å²) in [5.74, 6) is -1.95. The van der Waals surface area contributed by atoms with Gasteiger partial charge in [0.1, 0.15) is 6.61 Å². The Morgan fingerprint density at radius 3 is 2.60 bits per heavy atom. The predicted octanol–water partition coefficient (Wildman–Crippen LogP) is 2.03. The minimum absolute atomic E-state index is 0.172. The first-order valence-electron chi connectivity index (χ1n) is 5.68. The summed E-state index contributed by atoms with van der Waals surface area (Å²) in [7, 11) is 0. The van der Waals surface area contributed by atoms with Crippen LogP contribution in [0.1, 0.15) is 33.1 Å². The summed E-state index contributed by atoms with van der Waals surface area (Å²) in [6.45, 7) is 2.79. The van der Waals surface area contributed by atoms with Crippen molar-refractivity contribution >= 4 is 0 Å². The monoisotopic (exact) mass is 221 g/mol. The van der Waals surface area contributed by atoms with Gasteiger partial charge in [0.15, 0.2) is 0 Å². The minimum Gasteiger partial charge on any atom is -0.390 e. The molecule has 0 heterocycles. The van der Waals surface area contributed by atoms with E-state index in [1.54, 1.807) is 0 Å². The maximum Gasteiger partial charge on any atom is 0.282 e. The first-order valence-corrected chi connectivity index (χ1v) is 5.68. The Kier molecular flexibility index (Phi) is 4.46. The molecule has 1 saturated carbocycles. The third-order valence-electron chi connectivity index (χ3n) is 3.56. The van der Waals surface area contributed by atoms with E-state index in [-0.39, 0.29) is 6.04 Å². The number of nitrogens with one attached hydrogen (secondary N) is 1. The van der Waals surface area contributed by atoms with Crippen LogP contribution in [0.25, 0.3) is 0 Å². The van der Waals surface area contributed by atoms with Crippen molar-refractivity contribution in [1.29, 1.82) is 0 Å². The predicted molar refractivity (Wildman–Crippen MR) is 56.0 cm³/mol. The van der Waals surface area contributed by atoms with Gasteiger partial charge in [-0.1, -0.05) is 26.7 Å². The van der Waals surface area contributed by atoms with Crippen molar-refractivity contribution in [1.82, 2.24) is 5.32 Å². The maximum absolute atomic E-state index is 12.8. The zero-order valence-corrected chi connectivity index (χ0v) is 9.47. The van der Waals surface area contributed by atoms with Gasteiger partial charge in [-0.05, 0) is 18.3 Å². The quantitative estimate of drug-likeness (QED) is 0.761. The highest BCUT2D eigenvalue weighted by atomic mass is 19.3. The van der Waals surface area contributed by atoms with E-state index >= 15 is 0 Å². The van der Waals surface area contributed by atoms with Gasteiger partial charge in [0.2, 0.25) is 0 Å². The van der Waals surface area contributed by atoms with E-state index in [4.69, 9.17) is 5.11 Å². The second kappa shape index (κ2) is 5.21. The second-order valence-corrected chi connectivity index (χ2v) is 4.77. The number of alkyl halides is 2. The van der Waals surface area contributed by atoms with Crippen molar-refractivity contribution in [3.8, 4) is 0 Å². The number of rotatable bonds is 4. The summed E-state index contributed by atoms with van der Waals surface area (Å²) >= 11 is 0. The first-order chi connectivity index (χ1) is 6.96. The van der Waals surface area contributed by atoms with Gasteiger partial charge in [0, 0.05) is 6.04 Å². The maximum atomic E-state index is 12.8. The van der Waals surface area contributed by atoms with Crippen LogP contribution >= 0.6 is 0 Å². The number of aliphatic hydroxyl groups excluding tert-OH is 1. The Morgan fingerprint density at radius 2 is 2.00 bits per heavy atom. The fraction of sp³-hybridized carbons (Fsp3) is 1.00. The summed E-state index contributed by atoms with van der Waals surface area (Å²) in [6.07, 6.45) is 3.26. The van der Waals surface area contributed by atoms with Crippen LogP contribution in [0, 0.1) is 11.8 Å². The van der Waals surface area contributed by atoms with Crippen LogP contribution in [0.15, 0.2) is 0 Å². The third kappa shape index (κ3) is 3.68. The van der Waals surface area contributed by atoms with E-state index in [1.165, 1.54) is 6.42 Å². The molecule has 3 unspecified atom stereocenters. The molecule has 0 spiro atoms. The molecule has 3 atom stereocenters. The smallest absolute Gasteiger partial charge is 0.282 e. The number of halogens is 2. The zero-order valence-electron chi connectivity index (χ0n) is 9.47. The van der Waals surface area contributed by atoms with Gasteiger partial charge in [0.25, 0.3) is 5.92 Å². The Labute approximate surface area is 90.1 Å². The highest BCUT2D eigenvalue weighted by molar-refractivity contribution is 4.83. The van der Waals surface area contributed by atoms with Crippen molar-refractivity contribution in [2.45, 2.75) is 45.1 Å². The second-order valence-electron chi connectivity index (χ2n) is 4.77. The van der Waals surface area contributed by atoms with Crippen LogP contribution in [0.4, 0.5) is 8.78 Å². The molecule has 0 radical (unpaired) electrons. The summed E-state index contributed by atoms with van der Waals surface area (Å²) in [5, 5.41) is 11.3. The lowest BCUT2D eigenvalue weighted by Crippen LogP contribution is -2.46. The van der Waals surface area contributed by atoms with Crippen LogP contribution < -0.4 is 5.32 Å². The fourth-order valence-electron chi connectivity index (χ4n) is 2.21. The molecule has 0 aromatic carbocycles. The molecule has 0 amide bonds. The molecule has 4 heteroatoms. The van der Waals surface area contributed by atoms with E-state index in [0.29, 0.717) is 11.8 Å². The van der Waals surface area contributed by atoms with Crippen LogP contribution in [0.5, 0.6) is 0 Å². The average Bonchev–Trinajstić information content (AvgIpc) is 2.20. The molecule has 0 bridgehead atoms. The Morgan fingerprint density at radius 1 is 1.33 bits per heavy atom. The van der Waals surface area contributed by atoms with Crippen molar-refractivity contribution in [2.75, 3.05) is 13.2 Å². The molecular weight excluding hydrogens is 200 g/mol. The minimum atomic E-state index is -2.99. The highest BCUT2D eigenvalue weighted by Gasteiger charge is 2.32. The molecule has 1 fully saturated rings. The summed E-state index contributed by atoms with van der Waals surface area (Å²) in [5.41, 5.74) is 0. The summed E-state index contributed by atoms with van der Waals surface area (Å²) in [4.78, 5) is 0. The average molecular weight is 221 g/mol. The van der Waals surface area contributed by atoms with Crippen molar-refractivity contribution in [3.05, 3.63) is 0 Å². The molecule has 1 aliphatic carbocycles. The van der Waals surface area contributed by atoms with Gasteiger partial charge in [-0.15, -0.1) is 0 Å². The van der Waals surface area contributed by atoms with E-state index < -0.39 is 19.1 Å². The van der Waals surface area contributed by atoms with E-state index in [9.17, 15) is 8.78 Å². The standard InChI is InChI=1S/C11H21F2NO/c1-8-4-3-5-10(9(8)2)14-6-11(12,13)7-15/h8-10,14-15H,3-7H2,1-2H3. The van der Waals surface area contributed by atoms with Gasteiger partial charge >= 0.3 is 0 Å². The van der Waals surface area contributed by atoms with Crippen molar-refractivity contribution in [2.24, 2.45) is 11.8 Å². The van der Waals surface area contributed by atoms with Gasteiger partial charge in [-0.3, -0.25) is 0 Å². The Bertz CT molecular complexity index is 199. The van der Waals surface area contributed by atoms with E-state index in [1.807, 2.05) is 0 Å². The molecule has 0 aliphatic heterocycles. The highest BCUT2D eigenvalue weighted by Crippen LogP contribution is 2.29. The number of hydrogen-bond donors (Lipinski definition) is 2. The summed E-state index contributed by atoms with van der Waals surface area (Å²) in [6, 6.07) is 0.172. The third-order valence-corrected chi connectivity index (χ3v) is 3.56. The fourth-order valence-corrected chi connectivity index (χ4v) is 2.21. The lowest BCUT2D eigenvalue weighted by molar-refractivity contribution is -0.0517. The number of hydrogen-bond acceptors (Lipinski definition) is 2. The van der Waals surface area contributed by atoms with Crippen molar-refractivity contribution in [3.63, 3.8) is 0 Å². The van der Waals surface area contributed by atoms with Crippen LogP contribution in [0.3, 0.4) is 0 Å². The Balaban J connectivity index is 2.37. The van der Waals surface area contributed by atoms with Crippen LogP contribution in [-0.2, 0) is 0 Å². The molecule has 1 rings (SSSR count). The van der Waals surface area contributed by atoms with Gasteiger partial charge < -0.3 is 10.4 Å². The van der Waals surface area contributed by atoms with Crippen molar-refractivity contribution < 1.29 is 13.9 Å². The van der Waals surface area contributed by atoms with Gasteiger partial charge in [0.05, 0.1) is 6.54 Å². The molecular formula is C11H21F2NO.